The third-order valence-electron chi connectivity index (χ3n) is 6.98. The number of hydrogen-bond donors (Lipinski definition) is 1. The standard InChI is InChI=1S/C38H28Cl2O4/c1-25-23-35(43)38(34(42)22-12-27-9-17-31(40)18-10-27)37(36(25)33(41)21-11-26-7-15-30(39)16-8-26)29-13-19-32(20-14-29)44-24-28-5-3-2-4-6-28/h2-23,43H,24H2,1H3/b21-11+,22-12+. The number of halogens is 2. The SMILES string of the molecule is Cc1cc(O)c(C(=O)/C=C/c2ccc(Cl)cc2)c(-c2ccc(OCc3ccccc3)cc2)c1C(=O)/C=C/c1ccc(Cl)cc1. The van der Waals surface area contributed by atoms with E-state index in [9.17, 15) is 14.7 Å². The Morgan fingerprint density at radius 3 is 1.77 bits per heavy atom. The van der Waals surface area contributed by atoms with Crippen LogP contribution in [0.5, 0.6) is 11.5 Å². The summed E-state index contributed by atoms with van der Waals surface area (Å²) in [6.07, 6.45) is 6.18. The number of ether oxygens (including phenoxy) is 1. The van der Waals surface area contributed by atoms with Crippen LogP contribution in [-0.4, -0.2) is 16.7 Å². The molecule has 0 spiro atoms. The number of aryl methyl sites for hydroxylation is 1. The molecule has 0 bridgehead atoms. The second kappa shape index (κ2) is 14.0. The van der Waals surface area contributed by atoms with Crippen molar-refractivity contribution in [1.29, 1.82) is 0 Å². The summed E-state index contributed by atoms with van der Waals surface area (Å²) in [6, 6.07) is 32.5. The number of ketones is 2. The van der Waals surface area contributed by atoms with Crippen LogP contribution in [0.15, 0.2) is 121 Å². The van der Waals surface area contributed by atoms with Crippen molar-refractivity contribution < 1.29 is 19.4 Å². The molecule has 0 aliphatic carbocycles. The first kappa shape index (κ1) is 30.6. The molecule has 1 N–H and O–H groups in total. The van der Waals surface area contributed by atoms with Gasteiger partial charge in [0.25, 0.3) is 0 Å². The van der Waals surface area contributed by atoms with Gasteiger partial charge < -0.3 is 9.84 Å². The number of phenolic OH excluding ortho intramolecular Hbond substituents is 1. The molecule has 44 heavy (non-hydrogen) atoms. The number of phenols is 1. The van der Waals surface area contributed by atoms with Gasteiger partial charge in [0.1, 0.15) is 18.1 Å². The fraction of sp³-hybridized carbons (Fsp3) is 0.0526. The van der Waals surface area contributed by atoms with E-state index in [1.807, 2.05) is 30.3 Å². The predicted octanol–water partition coefficient (Wildman–Crippen LogP) is 10.0. The van der Waals surface area contributed by atoms with E-state index >= 15 is 0 Å². The minimum Gasteiger partial charge on any atom is -0.507 e. The zero-order valence-electron chi connectivity index (χ0n) is 23.8. The molecule has 5 rings (SSSR count). The molecular weight excluding hydrogens is 591 g/mol. The van der Waals surface area contributed by atoms with Crippen LogP contribution in [0.25, 0.3) is 23.3 Å². The van der Waals surface area contributed by atoms with E-state index in [4.69, 9.17) is 27.9 Å². The average Bonchev–Trinajstić information content (AvgIpc) is 3.03. The maximum absolute atomic E-state index is 13.8. The lowest BCUT2D eigenvalue weighted by molar-refractivity contribution is 0.104. The van der Waals surface area contributed by atoms with Gasteiger partial charge in [0.05, 0.1) is 5.56 Å². The highest BCUT2D eigenvalue weighted by Crippen LogP contribution is 2.38. The zero-order valence-corrected chi connectivity index (χ0v) is 25.3. The Bertz CT molecular complexity index is 1750. The number of aromatic hydroxyl groups is 1. The van der Waals surface area contributed by atoms with Gasteiger partial charge in [-0.3, -0.25) is 9.59 Å². The van der Waals surface area contributed by atoms with E-state index in [-0.39, 0.29) is 17.1 Å². The number of carbonyl (C=O) groups excluding carboxylic acids is 2. The molecule has 0 amide bonds. The van der Waals surface area contributed by atoms with E-state index in [1.54, 1.807) is 91.9 Å². The average molecular weight is 620 g/mol. The molecule has 218 valence electrons. The van der Waals surface area contributed by atoms with Crippen molar-refractivity contribution in [1.82, 2.24) is 0 Å². The van der Waals surface area contributed by atoms with Crippen molar-refractivity contribution >= 4 is 46.9 Å². The van der Waals surface area contributed by atoms with Crippen molar-refractivity contribution in [2.75, 3.05) is 0 Å². The first-order valence-corrected chi connectivity index (χ1v) is 14.6. The molecule has 0 unspecified atom stereocenters. The zero-order chi connectivity index (χ0) is 31.1. The monoisotopic (exact) mass is 618 g/mol. The van der Waals surface area contributed by atoms with Crippen molar-refractivity contribution in [3.63, 3.8) is 0 Å². The molecule has 0 saturated heterocycles. The number of allylic oxidation sites excluding steroid dienone is 2. The molecule has 0 aliphatic rings. The lowest BCUT2D eigenvalue weighted by Crippen LogP contribution is -2.08. The van der Waals surface area contributed by atoms with Crippen LogP contribution in [0.4, 0.5) is 0 Å². The van der Waals surface area contributed by atoms with Gasteiger partial charge in [-0.25, -0.2) is 0 Å². The largest absolute Gasteiger partial charge is 0.507 e. The van der Waals surface area contributed by atoms with E-state index in [0.29, 0.717) is 44.7 Å². The van der Waals surface area contributed by atoms with Crippen molar-refractivity contribution in [3.8, 4) is 22.6 Å². The summed E-state index contributed by atoms with van der Waals surface area (Å²) >= 11 is 12.0. The Kier molecular flexibility index (Phi) is 9.75. The minimum absolute atomic E-state index is 0.0296. The van der Waals surface area contributed by atoms with Crippen molar-refractivity contribution in [3.05, 3.63) is 165 Å². The molecule has 0 aromatic heterocycles. The smallest absolute Gasteiger partial charge is 0.190 e. The molecule has 0 saturated carbocycles. The molecule has 5 aromatic rings. The maximum atomic E-state index is 13.8. The van der Waals surface area contributed by atoms with Crippen LogP contribution in [0.3, 0.4) is 0 Å². The molecular formula is C38H28Cl2O4. The van der Waals surface area contributed by atoms with Crippen LogP contribution in [0, 0.1) is 6.92 Å². The highest BCUT2D eigenvalue weighted by Gasteiger charge is 2.24. The van der Waals surface area contributed by atoms with Crippen LogP contribution in [-0.2, 0) is 6.61 Å². The van der Waals surface area contributed by atoms with Crippen molar-refractivity contribution in [2.24, 2.45) is 0 Å². The summed E-state index contributed by atoms with van der Waals surface area (Å²) in [5.41, 5.74) is 4.39. The summed E-state index contributed by atoms with van der Waals surface area (Å²) in [6.45, 7) is 2.13. The second-order valence-corrected chi connectivity index (χ2v) is 11.0. The lowest BCUT2D eigenvalue weighted by Gasteiger charge is -2.17. The van der Waals surface area contributed by atoms with Gasteiger partial charge in [0.2, 0.25) is 0 Å². The fourth-order valence-electron chi connectivity index (χ4n) is 4.77. The van der Waals surface area contributed by atoms with Gasteiger partial charge in [-0.15, -0.1) is 0 Å². The lowest BCUT2D eigenvalue weighted by atomic mass is 9.86. The molecule has 0 heterocycles. The van der Waals surface area contributed by atoms with Gasteiger partial charge in [0.15, 0.2) is 11.6 Å². The van der Waals surface area contributed by atoms with Gasteiger partial charge in [-0.1, -0.05) is 102 Å². The Morgan fingerprint density at radius 1 is 0.705 bits per heavy atom. The molecule has 0 fully saturated rings. The number of rotatable bonds is 10. The van der Waals surface area contributed by atoms with Crippen LogP contribution in [0.2, 0.25) is 10.0 Å². The van der Waals surface area contributed by atoms with E-state index in [0.717, 1.165) is 16.7 Å². The summed E-state index contributed by atoms with van der Waals surface area (Å²) in [5, 5.41) is 12.3. The first-order valence-electron chi connectivity index (χ1n) is 13.9. The van der Waals surface area contributed by atoms with E-state index < -0.39 is 5.78 Å². The number of hydrogen-bond acceptors (Lipinski definition) is 4. The third-order valence-corrected chi connectivity index (χ3v) is 7.49. The summed E-state index contributed by atoms with van der Waals surface area (Å²) < 4.78 is 5.95. The Morgan fingerprint density at radius 2 is 1.23 bits per heavy atom. The molecule has 0 atom stereocenters. The van der Waals surface area contributed by atoms with Gasteiger partial charge in [-0.2, -0.15) is 0 Å². The molecule has 6 heteroatoms. The summed E-state index contributed by atoms with van der Waals surface area (Å²) in [7, 11) is 0. The van der Waals surface area contributed by atoms with Gasteiger partial charge >= 0.3 is 0 Å². The quantitative estimate of drug-likeness (QED) is 0.125. The molecule has 0 radical (unpaired) electrons. The topological polar surface area (TPSA) is 63.6 Å². The summed E-state index contributed by atoms with van der Waals surface area (Å²) in [4.78, 5) is 27.4. The highest BCUT2D eigenvalue weighted by atomic mass is 35.5. The fourth-order valence-corrected chi connectivity index (χ4v) is 5.02. The Labute approximate surface area is 266 Å². The number of benzene rings is 5. The van der Waals surface area contributed by atoms with Crippen molar-refractivity contribution in [2.45, 2.75) is 13.5 Å². The molecule has 0 aliphatic heterocycles. The Balaban J connectivity index is 1.55. The van der Waals surface area contributed by atoms with Gasteiger partial charge in [0, 0.05) is 21.2 Å². The minimum atomic E-state index is -0.451. The first-order chi connectivity index (χ1) is 21.3. The second-order valence-electron chi connectivity index (χ2n) is 10.1. The van der Waals surface area contributed by atoms with Crippen LogP contribution >= 0.6 is 23.2 Å². The van der Waals surface area contributed by atoms with Crippen LogP contribution < -0.4 is 4.74 Å². The molecule has 5 aromatic carbocycles. The summed E-state index contributed by atoms with van der Waals surface area (Å²) in [5.74, 6) is -0.355. The predicted molar refractivity (Wildman–Crippen MR) is 179 cm³/mol. The van der Waals surface area contributed by atoms with E-state index in [1.165, 1.54) is 18.2 Å². The van der Waals surface area contributed by atoms with Crippen LogP contribution in [0.1, 0.15) is 43.0 Å². The van der Waals surface area contributed by atoms with Gasteiger partial charge in [-0.05, 0) is 89.4 Å². The normalized spacial score (nSPS) is 11.2. The van der Waals surface area contributed by atoms with E-state index in [2.05, 4.69) is 0 Å². The number of carbonyl (C=O) groups is 2. The molecule has 4 nitrogen and oxygen atoms in total. The Hall–Kier alpha value is -4.90. The highest BCUT2D eigenvalue weighted by molar-refractivity contribution is 6.31. The maximum Gasteiger partial charge on any atom is 0.190 e. The third kappa shape index (κ3) is 7.54.